The smallest absolute Gasteiger partial charge is 0.282 e. The van der Waals surface area contributed by atoms with E-state index in [2.05, 4.69) is 5.32 Å². The standard InChI is InChI=1S/C8H18N4O3S/c1-2-11(7-8(9)13)16(14,15)12-5-3-10-4-6-12/h10H,2-7H2,1H3,(H2,9,13). The van der Waals surface area contributed by atoms with Crippen LogP contribution >= 0.6 is 0 Å². The lowest BCUT2D eigenvalue weighted by atomic mass is 10.4. The molecular weight excluding hydrogens is 232 g/mol. The van der Waals surface area contributed by atoms with Crippen molar-refractivity contribution in [1.82, 2.24) is 13.9 Å². The third-order valence-corrected chi connectivity index (χ3v) is 4.47. The van der Waals surface area contributed by atoms with E-state index in [1.54, 1.807) is 6.92 Å². The molecule has 16 heavy (non-hydrogen) atoms. The van der Waals surface area contributed by atoms with Crippen LogP contribution in [0.25, 0.3) is 0 Å². The van der Waals surface area contributed by atoms with Crippen LogP contribution in [0.15, 0.2) is 0 Å². The number of primary amides is 1. The second-order valence-corrected chi connectivity index (χ2v) is 5.48. The van der Waals surface area contributed by atoms with Crippen LogP contribution < -0.4 is 11.1 Å². The molecule has 0 unspecified atom stereocenters. The largest absolute Gasteiger partial charge is 0.369 e. The minimum absolute atomic E-state index is 0.245. The Morgan fingerprint density at radius 1 is 1.44 bits per heavy atom. The summed E-state index contributed by atoms with van der Waals surface area (Å²) in [6.45, 7) is 3.79. The van der Waals surface area contributed by atoms with Gasteiger partial charge in [0.25, 0.3) is 10.2 Å². The van der Waals surface area contributed by atoms with Crippen molar-refractivity contribution in [3.8, 4) is 0 Å². The molecule has 94 valence electrons. The molecule has 1 fully saturated rings. The summed E-state index contributed by atoms with van der Waals surface area (Å²) in [6, 6.07) is 0. The van der Waals surface area contributed by atoms with Gasteiger partial charge in [0.2, 0.25) is 5.91 Å². The van der Waals surface area contributed by atoms with Crippen LogP contribution in [-0.4, -0.2) is 62.2 Å². The van der Waals surface area contributed by atoms with Crippen molar-refractivity contribution in [2.24, 2.45) is 5.73 Å². The van der Waals surface area contributed by atoms with Gasteiger partial charge in [-0.15, -0.1) is 0 Å². The first kappa shape index (κ1) is 13.4. The summed E-state index contributed by atoms with van der Waals surface area (Å²) in [6.07, 6.45) is 0. The number of hydrogen-bond donors (Lipinski definition) is 2. The fourth-order valence-corrected chi connectivity index (χ4v) is 3.16. The zero-order valence-electron chi connectivity index (χ0n) is 9.35. The summed E-state index contributed by atoms with van der Waals surface area (Å²) in [7, 11) is -3.54. The zero-order chi connectivity index (χ0) is 12.2. The Kier molecular flexibility index (Phi) is 4.66. The Morgan fingerprint density at radius 2 is 2.00 bits per heavy atom. The molecule has 1 saturated heterocycles. The summed E-state index contributed by atoms with van der Waals surface area (Å²) in [4.78, 5) is 10.8. The van der Waals surface area contributed by atoms with Gasteiger partial charge in [0.1, 0.15) is 0 Å². The maximum atomic E-state index is 12.1. The number of hydrogen-bond acceptors (Lipinski definition) is 4. The first-order chi connectivity index (χ1) is 7.48. The molecule has 0 aromatic carbocycles. The number of nitrogens with one attached hydrogen (secondary N) is 1. The summed E-state index contributed by atoms with van der Waals surface area (Å²) >= 11 is 0. The number of nitrogens with two attached hydrogens (primary N) is 1. The number of carbonyl (C=O) groups is 1. The van der Waals surface area contributed by atoms with E-state index < -0.39 is 16.1 Å². The van der Waals surface area contributed by atoms with Gasteiger partial charge in [-0.25, -0.2) is 0 Å². The van der Waals surface area contributed by atoms with Gasteiger partial charge in [-0.2, -0.15) is 17.0 Å². The van der Waals surface area contributed by atoms with Crippen LogP contribution in [-0.2, 0) is 15.0 Å². The molecule has 0 saturated carbocycles. The van der Waals surface area contributed by atoms with Crippen molar-refractivity contribution >= 4 is 16.1 Å². The zero-order valence-corrected chi connectivity index (χ0v) is 10.2. The van der Waals surface area contributed by atoms with Crippen molar-refractivity contribution in [2.75, 3.05) is 39.3 Å². The van der Waals surface area contributed by atoms with Crippen LogP contribution in [0, 0.1) is 0 Å². The van der Waals surface area contributed by atoms with Crippen molar-refractivity contribution in [3.63, 3.8) is 0 Å². The molecule has 0 aliphatic carbocycles. The highest BCUT2D eigenvalue weighted by Crippen LogP contribution is 2.08. The number of carbonyl (C=O) groups excluding carboxylic acids is 1. The average molecular weight is 250 g/mol. The first-order valence-electron chi connectivity index (χ1n) is 5.22. The molecule has 7 nitrogen and oxygen atoms in total. The predicted octanol–water partition coefficient (Wildman–Crippen LogP) is -2.06. The van der Waals surface area contributed by atoms with E-state index in [4.69, 9.17) is 5.73 Å². The molecule has 1 heterocycles. The summed E-state index contributed by atoms with van der Waals surface area (Å²) in [5, 5.41) is 3.07. The molecule has 1 amide bonds. The van der Waals surface area contributed by atoms with E-state index in [1.165, 1.54) is 4.31 Å². The lowest BCUT2D eigenvalue weighted by Crippen LogP contribution is -2.53. The van der Waals surface area contributed by atoms with E-state index >= 15 is 0 Å². The molecular formula is C8H18N4O3S. The SMILES string of the molecule is CCN(CC(N)=O)S(=O)(=O)N1CCNCC1. The van der Waals surface area contributed by atoms with Gasteiger partial charge in [0, 0.05) is 32.7 Å². The molecule has 3 N–H and O–H groups in total. The van der Waals surface area contributed by atoms with Gasteiger partial charge in [-0.3, -0.25) is 4.79 Å². The highest BCUT2D eigenvalue weighted by molar-refractivity contribution is 7.86. The quantitative estimate of drug-likeness (QED) is 0.586. The fourth-order valence-electron chi connectivity index (χ4n) is 1.57. The Hall–Kier alpha value is -0.700. The van der Waals surface area contributed by atoms with E-state index in [1.807, 2.05) is 0 Å². The maximum Gasteiger partial charge on any atom is 0.282 e. The molecule has 0 aromatic heterocycles. The van der Waals surface area contributed by atoms with Crippen LogP contribution in [0.1, 0.15) is 6.92 Å². The van der Waals surface area contributed by atoms with Crippen LogP contribution in [0.4, 0.5) is 0 Å². The lowest BCUT2D eigenvalue weighted by molar-refractivity contribution is -0.118. The number of nitrogens with zero attached hydrogens (tertiary/aromatic N) is 2. The molecule has 0 atom stereocenters. The molecule has 0 radical (unpaired) electrons. The van der Waals surface area contributed by atoms with Gasteiger partial charge in [0.05, 0.1) is 6.54 Å². The average Bonchev–Trinajstić information content (AvgIpc) is 2.26. The number of piperazine rings is 1. The van der Waals surface area contributed by atoms with E-state index in [-0.39, 0.29) is 13.1 Å². The van der Waals surface area contributed by atoms with Crippen molar-refractivity contribution in [1.29, 1.82) is 0 Å². The van der Waals surface area contributed by atoms with Gasteiger partial charge in [-0.1, -0.05) is 6.92 Å². The molecule has 0 aromatic rings. The van der Waals surface area contributed by atoms with Crippen LogP contribution in [0.5, 0.6) is 0 Å². The summed E-state index contributed by atoms with van der Waals surface area (Å²) in [5.74, 6) is -0.638. The minimum Gasteiger partial charge on any atom is -0.369 e. The van der Waals surface area contributed by atoms with E-state index in [9.17, 15) is 13.2 Å². The van der Waals surface area contributed by atoms with Gasteiger partial charge >= 0.3 is 0 Å². The Bertz CT molecular complexity index is 337. The van der Waals surface area contributed by atoms with Crippen molar-refractivity contribution < 1.29 is 13.2 Å². The minimum atomic E-state index is -3.54. The molecule has 1 aliphatic heterocycles. The number of rotatable bonds is 5. The second-order valence-electron chi connectivity index (χ2n) is 3.55. The van der Waals surface area contributed by atoms with E-state index in [0.29, 0.717) is 26.2 Å². The lowest BCUT2D eigenvalue weighted by Gasteiger charge is -2.31. The predicted molar refractivity (Wildman–Crippen MR) is 59.8 cm³/mol. The molecule has 1 rings (SSSR count). The third-order valence-electron chi connectivity index (χ3n) is 2.41. The molecule has 1 aliphatic rings. The Morgan fingerprint density at radius 3 is 2.44 bits per heavy atom. The maximum absolute atomic E-state index is 12.1. The number of amides is 1. The summed E-state index contributed by atoms with van der Waals surface area (Å²) in [5.41, 5.74) is 5.02. The fraction of sp³-hybridized carbons (Fsp3) is 0.875. The summed E-state index contributed by atoms with van der Waals surface area (Å²) < 4.78 is 26.6. The van der Waals surface area contributed by atoms with Gasteiger partial charge in [-0.05, 0) is 0 Å². The molecule has 0 bridgehead atoms. The van der Waals surface area contributed by atoms with Gasteiger partial charge < -0.3 is 11.1 Å². The normalized spacial score (nSPS) is 18.9. The Balaban J connectivity index is 2.76. The van der Waals surface area contributed by atoms with E-state index in [0.717, 1.165) is 4.31 Å². The van der Waals surface area contributed by atoms with Crippen LogP contribution in [0.3, 0.4) is 0 Å². The monoisotopic (exact) mass is 250 g/mol. The van der Waals surface area contributed by atoms with Gasteiger partial charge in [0.15, 0.2) is 0 Å². The number of likely N-dealkylation sites (N-methyl/N-ethyl adjacent to an activating group) is 1. The second kappa shape index (κ2) is 5.58. The van der Waals surface area contributed by atoms with Crippen molar-refractivity contribution in [3.05, 3.63) is 0 Å². The highest BCUT2D eigenvalue weighted by Gasteiger charge is 2.30. The third kappa shape index (κ3) is 3.14. The van der Waals surface area contributed by atoms with Crippen molar-refractivity contribution in [2.45, 2.75) is 6.92 Å². The Labute approximate surface area is 95.8 Å². The first-order valence-corrected chi connectivity index (χ1v) is 6.62. The van der Waals surface area contributed by atoms with Crippen LogP contribution in [0.2, 0.25) is 0 Å². The molecule has 0 spiro atoms. The topological polar surface area (TPSA) is 95.7 Å². The highest BCUT2D eigenvalue weighted by atomic mass is 32.2. The molecule has 8 heteroatoms.